The van der Waals surface area contributed by atoms with Crippen LogP contribution in [-0.4, -0.2) is 45.2 Å². The maximum Gasteiger partial charge on any atom is 0.251 e. The van der Waals surface area contributed by atoms with Gasteiger partial charge in [0, 0.05) is 30.6 Å². The van der Waals surface area contributed by atoms with Crippen molar-refractivity contribution in [3.05, 3.63) is 54.1 Å². The van der Waals surface area contributed by atoms with Gasteiger partial charge in [-0.05, 0) is 55.0 Å². The van der Waals surface area contributed by atoms with E-state index in [9.17, 15) is 9.59 Å². The van der Waals surface area contributed by atoms with E-state index in [0.29, 0.717) is 24.4 Å². The minimum Gasteiger partial charge on any atom is -0.494 e. The fourth-order valence-corrected chi connectivity index (χ4v) is 2.85. The number of rotatable bonds is 14. The molecule has 0 aliphatic heterocycles. The zero-order chi connectivity index (χ0) is 22.3. The largest absolute Gasteiger partial charge is 0.494 e. The first-order valence-electron chi connectivity index (χ1n) is 10.8. The summed E-state index contributed by atoms with van der Waals surface area (Å²) in [6, 6.07) is 14.3. The highest BCUT2D eigenvalue weighted by molar-refractivity contribution is 5.96. The summed E-state index contributed by atoms with van der Waals surface area (Å²) in [5.74, 6) is 0.483. The zero-order valence-electron chi connectivity index (χ0n) is 18.4. The van der Waals surface area contributed by atoms with Crippen molar-refractivity contribution >= 4 is 23.2 Å². The van der Waals surface area contributed by atoms with Gasteiger partial charge in [0.1, 0.15) is 5.75 Å². The molecule has 0 aromatic heterocycles. The Morgan fingerprint density at radius 3 is 2.26 bits per heavy atom. The molecule has 2 amide bonds. The molecule has 0 unspecified atom stereocenters. The van der Waals surface area contributed by atoms with Gasteiger partial charge < -0.3 is 25.4 Å². The second-order valence-corrected chi connectivity index (χ2v) is 7.16. The van der Waals surface area contributed by atoms with Crippen molar-refractivity contribution in [3.63, 3.8) is 0 Å². The van der Waals surface area contributed by atoms with E-state index >= 15 is 0 Å². The van der Waals surface area contributed by atoms with Gasteiger partial charge in [-0.1, -0.05) is 26.2 Å². The minimum atomic E-state index is -0.176. The number of anilines is 2. The third-order valence-corrected chi connectivity index (χ3v) is 4.60. The first kappa shape index (κ1) is 24.2. The third kappa shape index (κ3) is 9.53. The first-order valence-corrected chi connectivity index (χ1v) is 10.8. The van der Waals surface area contributed by atoms with E-state index in [1.165, 1.54) is 19.3 Å². The van der Waals surface area contributed by atoms with Crippen molar-refractivity contribution < 1.29 is 19.1 Å². The molecular weight excluding hydrogens is 394 g/mol. The Labute approximate surface area is 184 Å². The number of nitrogens with one attached hydrogen (secondary N) is 3. The average molecular weight is 428 g/mol. The van der Waals surface area contributed by atoms with Crippen LogP contribution in [0.3, 0.4) is 0 Å². The van der Waals surface area contributed by atoms with Gasteiger partial charge in [-0.2, -0.15) is 0 Å². The zero-order valence-corrected chi connectivity index (χ0v) is 18.4. The normalized spacial score (nSPS) is 10.4. The van der Waals surface area contributed by atoms with Gasteiger partial charge in [-0.25, -0.2) is 0 Å². The average Bonchev–Trinajstić information content (AvgIpc) is 2.79. The SMILES string of the molecule is CCCCCCOc1ccc(NCC(=O)Nc2ccc(C(=O)NCCOC)cc2)cc1. The van der Waals surface area contributed by atoms with Gasteiger partial charge in [0.2, 0.25) is 5.91 Å². The molecule has 2 rings (SSSR count). The lowest BCUT2D eigenvalue weighted by atomic mass is 10.2. The highest BCUT2D eigenvalue weighted by atomic mass is 16.5. The fourth-order valence-electron chi connectivity index (χ4n) is 2.85. The summed E-state index contributed by atoms with van der Waals surface area (Å²) in [5.41, 5.74) is 2.00. The molecule has 0 bridgehead atoms. The molecule has 0 fully saturated rings. The van der Waals surface area contributed by atoms with Crippen LogP contribution < -0.4 is 20.7 Å². The van der Waals surface area contributed by atoms with Crippen molar-refractivity contribution in [2.75, 3.05) is 44.0 Å². The Kier molecular flexibility index (Phi) is 11.0. The third-order valence-electron chi connectivity index (χ3n) is 4.60. The number of methoxy groups -OCH3 is 1. The molecule has 0 radical (unpaired) electrons. The number of unbranched alkanes of at least 4 members (excludes halogenated alkanes) is 3. The molecule has 0 saturated heterocycles. The molecule has 0 saturated carbocycles. The summed E-state index contributed by atoms with van der Waals surface area (Å²) in [5, 5.41) is 8.65. The molecule has 2 aromatic rings. The van der Waals surface area contributed by atoms with Crippen LogP contribution in [0.25, 0.3) is 0 Å². The summed E-state index contributed by atoms with van der Waals surface area (Å²) in [6.45, 7) is 3.96. The summed E-state index contributed by atoms with van der Waals surface area (Å²) in [7, 11) is 1.58. The van der Waals surface area contributed by atoms with Gasteiger partial charge >= 0.3 is 0 Å². The van der Waals surface area contributed by atoms with Crippen molar-refractivity contribution in [2.45, 2.75) is 32.6 Å². The van der Waals surface area contributed by atoms with Gasteiger partial charge in [-0.3, -0.25) is 9.59 Å². The Hall–Kier alpha value is -3.06. The number of hydrogen-bond donors (Lipinski definition) is 3. The maximum absolute atomic E-state index is 12.2. The molecule has 0 spiro atoms. The van der Waals surface area contributed by atoms with Crippen LogP contribution >= 0.6 is 0 Å². The molecule has 0 aliphatic carbocycles. The van der Waals surface area contributed by atoms with E-state index in [4.69, 9.17) is 9.47 Å². The molecule has 0 aliphatic rings. The topological polar surface area (TPSA) is 88.7 Å². The number of carbonyl (C=O) groups excluding carboxylic acids is 2. The summed E-state index contributed by atoms with van der Waals surface area (Å²) in [6.07, 6.45) is 4.71. The van der Waals surface area contributed by atoms with Crippen LogP contribution in [0.15, 0.2) is 48.5 Å². The van der Waals surface area contributed by atoms with Crippen molar-refractivity contribution in [3.8, 4) is 5.75 Å². The molecule has 168 valence electrons. The van der Waals surface area contributed by atoms with Crippen LogP contribution in [0.2, 0.25) is 0 Å². The number of carbonyl (C=O) groups is 2. The van der Waals surface area contributed by atoms with E-state index < -0.39 is 0 Å². The van der Waals surface area contributed by atoms with Gasteiger partial charge in [0.25, 0.3) is 5.91 Å². The number of benzene rings is 2. The van der Waals surface area contributed by atoms with Crippen molar-refractivity contribution in [2.24, 2.45) is 0 Å². The lowest BCUT2D eigenvalue weighted by Gasteiger charge is -2.10. The van der Waals surface area contributed by atoms with Gasteiger partial charge in [0.05, 0.1) is 19.8 Å². The molecule has 2 aromatic carbocycles. The smallest absolute Gasteiger partial charge is 0.251 e. The van der Waals surface area contributed by atoms with Crippen molar-refractivity contribution in [1.29, 1.82) is 0 Å². The highest BCUT2D eigenvalue weighted by Gasteiger charge is 2.06. The Balaban J connectivity index is 1.71. The predicted molar refractivity (Wildman–Crippen MR) is 124 cm³/mol. The molecular formula is C24H33N3O4. The summed E-state index contributed by atoms with van der Waals surface area (Å²) in [4.78, 5) is 24.1. The molecule has 7 nitrogen and oxygen atoms in total. The number of hydrogen-bond acceptors (Lipinski definition) is 5. The minimum absolute atomic E-state index is 0.135. The van der Waals surface area contributed by atoms with Crippen LogP contribution in [0.5, 0.6) is 5.75 Å². The lowest BCUT2D eigenvalue weighted by molar-refractivity contribution is -0.114. The van der Waals surface area contributed by atoms with Gasteiger partial charge in [-0.15, -0.1) is 0 Å². The van der Waals surface area contributed by atoms with E-state index in [0.717, 1.165) is 24.5 Å². The molecule has 7 heteroatoms. The summed E-state index contributed by atoms with van der Waals surface area (Å²) < 4.78 is 10.6. The second-order valence-electron chi connectivity index (χ2n) is 7.16. The fraction of sp³-hybridized carbons (Fsp3) is 0.417. The number of amides is 2. The molecule has 3 N–H and O–H groups in total. The Bertz CT molecular complexity index is 791. The second kappa shape index (κ2) is 14.0. The standard InChI is InChI=1S/C24H33N3O4/c1-3-4-5-6-16-31-22-13-11-20(12-14-22)26-18-23(28)27-21-9-7-19(8-10-21)24(29)25-15-17-30-2/h7-14,26H,3-6,15-18H2,1-2H3,(H,25,29)(H,27,28). The van der Waals surface area contributed by atoms with Crippen LogP contribution in [-0.2, 0) is 9.53 Å². The Morgan fingerprint density at radius 1 is 0.871 bits per heavy atom. The number of ether oxygens (including phenoxy) is 2. The highest BCUT2D eigenvalue weighted by Crippen LogP contribution is 2.16. The van der Waals surface area contributed by atoms with Crippen LogP contribution in [0.4, 0.5) is 11.4 Å². The Morgan fingerprint density at radius 2 is 1.58 bits per heavy atom. The molecule has 0 heterocycles. The van der Waals surface area contributed by atoms with Crippen LogP contribution in [0, 0.1) is 0 Å². The lowest BCUT2D eigenvalue weighted by Crippen LogP contribution is -2.27. The molecule has 31 heavy (non-hydrogen) atoms. The van der Waals surface area contributed by atoms with Gasteiger partial charge in [0.15, 0.2) is 0 Å². The van der Waals surface area contributed by atoms with E-state index in [1.807, 2.05) is 24.3 Å². The van der Waals surface area contributed by atoms with E-state index in [1.54, 1.807) is 31.4 Å². The van der Waals surface area contributed by atoms with E-state index in [2.05, 4.69) is 22.9 Å². The first-order chi connectivity index (χ1) is 15.1. The quantitative estimate of drug-likeness (QED) is 0.396. The monoisotopic (exact) mass is 427 g/mol. The summed E-state index contributed by atoms with van der Waals surface area (Å²) >= 11 is 0. The predicted octanol–water partition coefficient (Wildman–Crippen LogP) is 4.07. The van der Waals surface area contributed by atoms with E-state index in [-0.39, 0.29) is 18.4 Å². The van der Waals surface area contributed by atoms with Crippen LogP contribution in [0.1, 0.15) is 43.0 Å². The molecule has 0 atom stereocenters. The van der Waals surface area contributed by atoms with Crippen molar-refractivity contribution in [1.82, 2.24) is 5.32 Å². The maximum atomic E-state index is 12.2.